The molecule has 1 amide bonds. The summed E-state index contributed by atoms with van der Waals surface area (Å²) in [5.41, 5.74) is -0.948. The van der Waals surface area contributed by atoms with Crippen LogP contribution in [0.4, 0.5) is 13.2 Å². The Kier molecular flexibility index (Phi) is 5.54. The molecule has 1 fully saturated rings. The Hall–Kier alpha value is -1.61. The van der Waals surface area contributed by atoms with Gasteiger partial charge in [-0.2, -0.15) is 13.2 Å². The Morgan fingerprint density at radius 3 is 2.71 bits per heavy atom. The second-order valence-corrected chi connectivity index (χ2v) is 7.90. The lowest BCUT2D eigenvalue weighted by atomic mass is 9.99. The smallest absolute Gasteiger partial charge is 0.352 e. The average molecular weight is 364 g/mol. The quantitative estimate of drug-likeness (QED) is 0.890. The highest BCUT2D eigenvalue weighted by atomic mass is 32.2. The van der Waals surface area contributed by atoms with Crippen molar-refractivity contribution < 1.29 is 26.4 Å². The van der Waals surface area contributed by atoms with Crippen LogP contribution in [0.2, 0.25) is 0 Å². The van der Waals surface area contributed by atoms with Crippen molar-refractivity contribution in [1.29, 1.82) is 0 Å². The van der Waals surface area contributed by atoms with Crippen LogP contribution in [-0.2, 0) is 16.2 Å². The van der Waals surface area contributed by atoms with Gasteiger partial charge in [0.2, 0.25) is 10.0 Å². The number of amides is 1. The number of carbonyl (C=O) groups is 1. The van der Waals surface area contributed by atoms with E-state index in [9.17, 15) is 26.4 Å². The topological polar surface area (TPSA) is 66.5 Å². The van der Waals surface area contributed by atoms with E-state index < -0.39 is 27.7 Å². The Labute approximate surface area is 138 Å². The zero-order chi connectivity index (χ0) is 18.0. The molecule has 0 aliphatic carbocycles. The molecule has 24 heavy (non-hydrogen) atoms. The highest BCUT2D eigenvalue weighted by Gasteiger charge is 2.31. The highest BCUT2D eigenvalue weighted by molar-refractivity contribution is 7.88. The Morgan fingerprint density at radius 1 is 1.38 bits per heavy atom. The van der Waals surface area contributed by atoms with Gasteiger partial charge in [-0.3, -0.25) is 4.79 Å². The lowest BCUT2D eigenvalue weighted by molar-refractivity contribution is -0.137. The lowest BCUT2D eigenvalue weighted by Gasteiger charge is -2.30. The molecule has 1 aromatic carbocycles. The molecule has 1 saturated heterocycles. The number of alkyl halides is 3. The molecular formula is C15H19F3N2O3S. The number of carbonyl (C=O) groups excluding carboxylic acids is 1. The fourth-order valence-electron chi connectivity index (χ4n) is 2.67. The van der Waals surface area contributed by atoms with Crippen molar-refractivity contribution in [3.05, 3.63) is 35.4 Å². The maximum absolute atomic E-state index is 12.7. The van der Waals surface area contributed by atoms with Gasteiger partial charge >= 0.3 is 6.18 Å². The molecular weight excluding hydrogens is 345 g/mol. The van der Waals surface area contributed by atoms with Crippen LogP contribution in [0.3, 0.4) is 0 Å². The summed E-state index contributed by atoms with van der Waals surface area (Å²) in [4.78, 5) is 12.0. The molecule has 1 aliphatic rings. The molecule has 9 heteroatoms. The summed E-state index contributed by atoms with van der Waals surface area (Å²) in [5.74, 6) is -0.652. The van der Waals surface area contributed by atoms with Gasteiger partial charge in [-0.05, 0) is 37.0 Å². The number of sulfonamides is 1. The largest absolute Gasteiger partial charge is 0.416 e. The Morgan fingerprint density at radius 2 is 2.08 bits per heavy atom. The number of hydrogen-bond donors (Lipinski definition) is 1. The normalized spacial score (nSPS) is 19.9. The van der Waals surface area contributed by atoms with Gasteiger partial charge in [0.15, 0.2) is 0 Å². The Bertz CT molecular complexity index is 704. The number of nitrogens with zero attached hydrogens (tertiary/aromatic N) is 1. The van der Waals surface area contributed by atoms with Gasteiger partial charge in [-0.25, -0.2) is 12.7 Å². The van der Waals surface area contributed by atoms with E-state index >= 15 is 0 Å². The zero-order valence-corrected chi connectivity index (χ0v) is 14.0. The fraction of sp³-hybridized carbons (Fsp3) is 0.533. The molecule has 0 radical (unpaired) electrons. The van der Waals surface area contributed by atoms with Crippen LogP contribution < -0.4 is 5.32 Å². The monoisotopic (exact) mass is 364 g/mol. The van der Waals surface area contributed by atoms with Crippen molar-refractivity contribution in [3.8, 4) is 0 Å². The average Bonchev–Trinajstić information content (AvgIpc) is 2.51. The fourth-order valence-corrected chi connectivity index (χ4v) is 3.61. The molecule has 0 unspecified atom stereocenters. The molecule has 0 spiro atoms. The summed E-state index contributed by atoms with van der Waals surface area (Å²) < 4.78 is 62.5. The van der Waals surface area contributed by atoms with Crippen molar-refractivity contribution in [3.63, 3.8) is 0 Å². The second-order valence-electron chi connectivity index (χ2n) is 5.92. The number of hydrogen-bond acceptors (Lipinski definition) is 3. The van der Waals surface area contributed by atoms with Crippen LogP contribution in [0.5, 0.6) is 0 Å². The highest BCUT2D eigenvalue weighted by Crippen LogP contribution is 2.29. The first kappa shape index (κ1) is 18.7. The van der Waals surface area contributed by atoms with Gasteiger partial charge in [0.05, 0.1) is 11.8 Å². The third-order valence-electron chi connectivity index (χ3n) is 3.95. The molecule has 2 rings (SSSR count). The van der Waals surface area contributed by atoms with E-state index in [1.807, 2.05) is 0 Å². The molecule has 1 aliphatic heterocycles. The first-order chi connectivity index (χ1) is 11.1. The van der Waals surface area contributed by atoms with Crippen molar-refractivity contribution in [2.24, 2.45) is 5.92 Å². The number of halogens is 3. The Balaban J connectivity index is 1.96. The molecule has 0 bridgehead atoms. The zero-order valence-electron chi connectivity index (χ0n) is 13.1. The minimum Gasteiger partial charge on any atom is -0.352 e. The van der Waals surface area contributed by atoms with Gasteiger partial charge in [0.1, 0.15) is 0 Å². The molecule has 0 saturated carbocycles. The van der Waals surface area contributed by atoms with Gasteiger partial charge < -0.3 is 5.32 Å². The van der Waals surface area contributed by atoms with E-state index in [1.54, 1.807) is 0 Å². The van der Waals surface area contributed by atoms with Crippen LogP contribution in [0.25, 0.3) is 0 Å². The summed E-state index contributed by atoms with van der Waals surface area (Å²) in [6, 6.07) is 4.21. The number of piperidine rings is 1. The number of rotatable bonds is 4. The molecule has 1 N–H and O–H groups in total. The minimum atomic E-state index is -4.50. The molecule has 134 valence electrons. The third kappa shape index (κ3) is 4.94. The SMILES string of the molecule is CS(=O)(=O)N1CCC[C@H](CNC(=O)c2cccc(C(F)(F)F)c2)C1. The van der Waals surface area contributed by atoms with Gasteiger partial charge in [-0.15, -0.1) is 0 Å². The third-order valence-corrected chi connectivity index (χ3v) is 5.22. The van der Waals surface area contributed by atoms with Crippen molar-refractivity contribution in [1.82, 2.24) is 9.62 Å². The summed E-state index contributed by atoms with van der Waals surface area (Å²) in [6.45, 7) is 0.986. The van der Waals surface area contributed by atoms with Gasteiger partial charge in [-0.1, -0.05) is 6.07 Å². The van der Waals surface area contributed by atoms with E-state index in [0.29, 0.717) is 19.5 Å². The van der Waals surface area contributed by atoms with E-state index in [4.69, 9.17) is 0 Å². The molecule has 5 nitrogen and oxygen atoms in total. The summed E-state index contributed by atoms with van der Waals surface area (Å²) >= 11 is 0. The first-order valence-electron chi connectivity index (χ1n) is 7.48. The maximum Gasteiger partial charge on any atom is 0.416 e. The molecule has 1 heterocycles. The van der Waals surface area contributed by atoms with E-state index in [2.05, 4.69) is 5.32 Å². The van der Waals surface area contributed by atoms with Crippen LogP contribution in [0.1, 0.15) is 28.8 Å². The first-order valence-corrected chi connectivity index (χ1v) is 9.33. The van der Waals surface area contributed by atoms with E-state index in [-0.39, 0.29) is 18.0 Å². The maximum atomic E-state index is 12.7. The number of nitrogens with one attached hydrogen (secondary N) is 1. The standard InChI is InChI=1S/C15H19F3N2O3S/c1-24(22,23)20-7-3-4-11(10-20)9-19-14(21)12-5-2-6-13(8-12)15(16,17)18/h2,5-6,8,11H,3-4,7,9-10H2,1H3,(H,19,21)/t11-/m1/s1. The molecule has 0 aromatic heterocycles. The summed E-state index contributed by atoms with van der Waals surface area (Å²) in [5, 5.41) is 2.59. The molecule has 1 aromatic rings. The van der Waals surface area contributed by atoms with E-state index in [1.165, 1.54) is 16.4 Å². The van der Waals surface area contributed by atoms with E-state index in [0.717, 1.165) is 24.8 Å². The van der Waals surface area contributed by atoms with Crippen LogP contribution in [0, 0.1) is 5.92 Å². The van der Waals surface area contributed by atoms with Gasteiger partial charge in [0.25, 0.3) is 5.91 Å². The minimum absolute atomic E-state index is 0.0526. The van der Waals surface area contributed by atoms with Crippen LogP contribution >= 0.6 is 0 Å². The predicted molar refractivity (Wildman–Crippen MR) is 82.9 cm³/mol. The molecule has 1 atom stereocenters. The van der Waals surface area contributed by atoms with Crippen molar-refractivity contribution in [2.45, 2.75) is 19.0 Å². The summed E-state index contributed by atoms with van der Waals surface area (Å²) in [7, 11) is -3.28. The van der Waals surface area contributed by atoms with Crippen molar-refractivity contribution in [2.75, 3.05) is 25.9 Å². The lowest BCUT2D eigenvalue weighted by Crippen LogP contribution is -2.43. The summed E-state index contributed by atoms with van der Waals surface area (Å²) in [6.07, 6.45) is -1.92. The second kappa shape index (κ2) is 7.10. The van der Waals surface area contributed by atoms with Crippen LogP contribution in [0.15, 0.2) is 24.3 Å². The predicted octanol–water partition coefficient (Wildman–Crippen LogP) is 2.11. The number of benzene rings is 1. The van der Waals surface area contributed by atoms with Gasteiger partial charge in [0, 0.05) is 25.2 Å². The van der Waals surface area contributed by atoms with Crippen LogP contribution in [-0.4, -0.2) is 44.5 Å². The van der Waals surface area contributed by atoms with Crippen molar-refractivity contribution >= 4 is 15.9 Å².